The molecule has 0 heterocycles. The second-order valence-electron chi connectivity index (χ2n) is 3.53. The minimum absolute atomic E-state index is 0.212. The van der Waals surface area contributed by atoms with Gasteiger partial charge in [0.15, 0.2) is 0 Å². The minimum Gasteiger partial charge on any atom is -0.340 e. The quantitative estimate of drug-likeness (QED) is 0.793. The molecule has 0 spiro atoms. The van der Waals surface area contributed by atoms with Crippen molar-refractivity contribution in [3.63, 3.8) is 0 Å². The molecule has 0 aromatic heterocycles. The molecule has 1 aromatic carbocycles. The summed E-state index contributed by atoms with van der Waals surface area (Å²) in [5, 5.41) is 0. The first-order chi connectivity index (χ1) is 7.65. The van der Waals surface area contributed by atoms with Crippen LogP contribution in [0.1, 0.15) is 30.6 Å². The lowest BCUT2D eigenvalue weighted by molar-refractivity contribution is -0.153. The standard InChI is InChI=1S/C12H15NO3/c1-3-9(2)12(15)16-13-11(14)10-7-5-4-6-8-10/h4-9H,3H2,1-2H3,(H,13,14)/t9-/m0/s1. The maximum atomic E-state index is 11.5. The molecule has 1 N–H and O–H groups in total. The van der Waals surface area contributed by atoms with Gasteiger partial charge >= 0.3 is 5.97 Å². The van der Waals surface area contributed by atoms with E-state index in [0.29, 0.717) is 12.0 Å². The van der Waals surface area contributed by atoms with Crippen molar-refractivity contribution in [1.29, 1.82) is 0 Å². The Morgan fingerprint density at radius 3 is 2.50 bits per heavy atom. The number of hydrogen-bond donors (Lipinski definition) is 1. The van der Waals surface area contributed by atoms with Gasteiger partial charge in [0.25, 0.3) is 5.91 Å². The normalized spacial score (nSPS) is 11.6. The van der Waals surface area contributed by atoms with Gasteiger partial charge in [-0.3, -0.25) is 4.79 Å². The molecule has 1 rings (SSSR count). The zero-order valence-corrected chi connectivity index (χ0v) is 9.40. The van der Waals surface area contributed by atoms with Crippen LogP contribution in [0, 0.1) is 5.92 Å². The Balaban J connectivity index is 2.45. The van der Waals surface area contributed by atoms with Crippen LogP contribution >= 0.6 is 0 Å². The van der Waals surface area contributed by atoms with Crippen molar-refractivity contribution in [1.82, 2.24) is 5.48 Å². The van der Waals surface area contributed by atoms with E-state index in [1.165, 1.54) is 0 Å². The number of hydroxylamine groups is 1. The second-order valence-corrected chi connectivity index (χ2v) is 3.53. The third-order valence-electron chi connectivity index (χ3n) is 2.30. The molecule has 1 amide bonds. The monoisotopic (exact) mass is 221 g/mol. The topological polar surface area (TPSA) is 55.4 Å². The summed E-state index contributed by atoms with van der Waals surface area (Å²) < 4.78 is 0. The smallest absolute Gasteiger partial charge is 0.335 e. The van der Waals surface area contributed by atoms with E-state index < -0.39 is 11.9 Å². The lowest BCUT2D eigenvalue weighted by Gasteiger charge is -2.08. The molecule has 0 unspecified atom stereocenters. The van der Waals surface area contributed by atoms with Crippen LogP contribution in [-0.2, 0) is 9.63 Å². The van der Waals surface area contributed by atoms with Crippen LogP contribution in [0.15, 0.2) is 30.3 Å². The minimum atomic E-state index is -0.424. The predicted molar refractivity (Wildman–Crippen MR) is 59.5 cm³/mol. The summed E-state index contributed by atoms with van der Waals surface area (Å²) in [5.74, 6) is -1.06. The average Bonchev–Trinajstić information content (AvgIpc) is 2.35. The molecule has 86 valence electrons. The fourth-order valence-corrected chi connectivity index (χ4v) is 1.01. The molecule has 4 nitrogen and oxygen atoms in total. The number of carbonyl (C=O) groups is 2. The van der Waals surface area contributed by atoms with Crippen LogP contribution in [0.2, 0.25) is 0 Å². The van der Waals surface area contributed by atoms with Crippen LogP contribution in [0.25, 0.3) is 0 Å². The van der Waals surface area contributed by atoms with Crippen molar-refractivity contribution in [2.24, 2.45) is 5.92 Å². The van der Waals surface area contributed by atoms with Crippen molar-refractivity contribution in [2.45, 2.75) is 20.3 Å². The fourth-order valence-electron chi connectivity index (χ4n) is 1.01. The average molecular weight is 221 g/mol. The molecule has 1 aromatic rings. The molecule has 16 heavy (non-hydrogen) atoms. The van der Waals surface area contributed by atoms with Crippen LogP contribution < -0.4 is 5.48 Å². The lowest BCUT2D eigenvalue weighted by Crippen LogP contribution is -2.29. The summed E-state index contributed by atoms with van der Waals surface area (Å²) in [5.41, 5.74) is 2.58. The van der Waals surface area contributed by atoms with Gasteiger partial charge in [0.05, 0.1) is 5.92 Å². The first-order valence-corrected chi connectivity index (χ1v) is 5.21. The summed E-state index contributed by atoms with van der Waals surface area (Å²) in [6.07, 6.45) is 0.681. The van der Waals surface area contributed by atoms with Crippen molar-refractivity contribution in [3.05, 3.63) is 35.9 Å². The highest BCUT2D eigenvalue weighted by Gasteiger charge is 2.14. The molecule has 0 saturated carbocycles. The van der Waals surface area contributed by atoms with E-state index in [2.05, 4.69) is 10.3 Å². The number of hydrogen-bond acceptors (Lipinski definition) is 3. The van der Waals surface area contributed by atoms with Crippen molar-refractivity contribution in [2.75, 3.05) is 0 Å². The number of carbonyl (C=O) groups excluding carboxylic acids is 2. The van der Waals surface area contributed by atoms with Crippen molar-refractivity contribution >= 4 is 11.9 Å². The van der Waals surface area contributed by atoms with Gasteiger partial charge in [-0.25, -0.2) is 4.79 Å². The molecule has 0 radical (unpaired) electrons. The molecule has 0 aliphatic carbocycles. The van der Waals surface area contributed by atoms with Crippen molar-refractivity contribution < 1.29 is 14.4 Å². The van der Waals surface area contributed by atoms with E-state index >= 15 is 0 Å². The first-order valence-electron chi connectivity index (χ1n) is 5.21. The van der Waals surface area contributed by atoms with Gasteiger partial charge in [0.2, 0.25) is 0 Å². The highest BCUT2D eigenvalue weighted by atomic mass is 16.7. The molecule has 0 bridgehead atoms. The Kier molecular flexibility index (Phi) is 4.51. The predicted octanol–water partition coefficient (Wildman–Crippen LogP) is 1.92. The van der Waals surface area contributed by atoms with Gasteiger partial charge in [0.1, 0.15) is 0 Å². The molecular formula is C12H15NO3. The highest BCUT2D eigenvalue weighted by molar-refractivity contribution is 5.94. The van der Waals surface area contributed by atoms with Crippen LogP contribution in [0.4, 0.5) is 0 Å². The Bertz CT molecular complexity index is 362. The third kappa shape index (κ3) is 3.38. The van der Waals surface area contributed by atoms with E-state index in [4.69, 9.17) is 0 Å². The Morgan fingerprint density at radius 1 is 1.31 bits per heavy atom. The fraction of sp³-hybridized carbons (Fsp3) is 0.333. The van der Waals surface area contributed by atoms with E-state index in [1.807, 2.05) is 13.0 Å². The van der Waals surface area contributed by atoms with Gasteiger partial charge in [-0.15, -0.1) is 0 Å². The highest BCUT2D eigenvalue weighted by Crippen LogP contribution is 2.03. The maximum Gasteiger partial charge on any atom is 0.335 e. The number of nitrogens with one attached hydrogen (secondary N) is 1. The largest absolute Gasteiger partial charge is 0.340 e. The third-order valence-corrected chi connectivity index (χ3v) is 2.30. The number of amides is 1. The number of rotatable bonds is 3. The molecule has 0 aliphatic heterocycles. The Hall–Kier alpha value is -1.84. The van der Waals surface area contributed by atoms with E-state index in [9.17, 15) is 9.59 Å². The lowest BCUT2D eigenvalue weighted by atomic mass is 10.1. The van der Waals surface area contributed by atoms with Crippen molar-refractivity contribution in [3.8, 4) is 0 Å². The summed E-state index contributed by atoms with van der Waals surface area (Å²) in [6, 6.07) is 8.58. The first kappa shape index (κ1) is 12.2. The second kappa shape index (κ2) is 5.90. The summed E-state index contributed by atoms with van der Waals surface area (Å²) in [6.45, 7) is 3.63. The molecule has 4 heteroatoms. The van der Waals surface area contributed by atoms with E-state index in [1.54, 1.807) is 31.2 Å². The van der Waals surface area contributed by atoms with Gasteiger partial charge in [-0.05, 0) is 18.6 Å². The van der Waals surface area contributed by atoms with E-state index in [-0.39, 0.29) is 5.92 Å². The zero-order chi connectivity index (χ0) is 12.0. The van der Waals surface area contributed by atoms with Gasteiger partial charge in [0, 0.05) is 5.56 Å². The summed E-state index contributed by atoms with van der Waals surface area (Å²) >= 11 is 0. The molecule has 0 saturated heterocycles. The Labute approximate surface area is 94.6 Å². The summed E-state index contributed by atoms with van der Waals surface area (Å²) in [7, 11) is 0. The van der Waals surface area contributed by atoms with E-state index in [0.717, 1.165) is 0 Å². The summed E-state index contributed by atoms with van der Waals surface area (Å²) in [4.78, 5) is 27.4. The molecular weight excluding hydrogens is 206 g/mol. The van der Waals surface area contributed by atoms with Crippen LogP contribution in [0.3, 0.4) is 0 Å². The SMILES string of the molecule is CC[C@H](C)C(=O)ONC(=O)c1ccccc1. The maximum absolute atomic E-state index is 11.5. The molecule has 0 aliphatic rings. The zero-order valence-electron chi connectivity index (χ0n) is 9.40. The van der Waals surface area contributed by atoms with Gasteiger partial charge in [-0.1, -0.05) is 32.0 Å². The molecule has 0 fully saturated rings. The Morgan fingerprint density at radius 2 is 1.94 bits per heavy atom. The van der Waals surface area contributed by atoms with Crippen LogP contribution in [-0.4, -0.2) is 11.9 Å². The molecule has 1 atom stereocenters. The van der Waals surface area contributed by atoms with Crippen LogP contribution in [0.5, 0.6) is 0 Å². The van der Waals surface area contributed by atoms with Gasteiger partial charge < -0.3 is 4.84 Å². The van der Waals surface area contributed by atoms with Gasteiger partial charge in [-0.2, -0.15) is 5.48 Å². The number of benzene rings is 1.